The van der Waals surface area contributed by atoms with Crippen LogP contribution in [-0.2, 0) is 9.59 Å². The average Bonchev–Trinajstić information content (AvgIpc) is 2.91. The van der Waals surface area contributed by atoms with Gasteiger partial charge >= 0.3 is 5.97 Å². The van der Waals surface area contributed by atoms with E-state index in [0.29, 0.717) is 0 Å². The number of amides is 2. The highest BCUT2D eigenvalue weighted by molar-refractivity contribution is 5.94. The van der Waals surface area contributed by atoms with Gasteiger partial charge in [0.15, 0.2) is 11.9 Å². The quantitative estimate of drug-likeness (QED) is 0.609. The van der Waals surface area contributed by atoms with E-state index in [0.717, 1.165) is 0 Å². The first-order valence-corrected chi connectivity index (χ1v) is 5.88. The van der Waals surface area contributed by atoms with Gasteiger partial charge in [-0.3, -0.25) is 9.59 Å². The van der Waals surface area contributed by atoms with Crippen molar-refractivity contribution in [3.63, 3.8) is 0 Å². The van der Waals surface area contributed by atoms with Gasteiger partial charge < -0.3 is 24.8 Å². The van der Waals surface area contributed by atoms with E-state index in [1.807, 2.05) is 0 Å². The SMILES string of the molecule is CN(CC(=O)NCCC(O)C(=O)O)C(=O)c1ccco1. The van der Waals surface area contributed by atoms with Gasteiger partial charge in [0, 0.05) is 20.0 Å². The highest BCUT2D eigenvalue weighted by Crippen LogP contribution is 2.03. The van der Waals surface area contributed by atoms with Crippen molar-refractivity contribution in [2.45, 2.75) is 12.5 Å². The molecule has 0 aliphatic carbocycles. The Bertz CT molecular complexity index is 470. The molecule has 0 aliphatic heterocycles. The molecule has 0 aromatic carbocycles. The molecular formula is C12H16N2O6. The summed E-state index contributed by atoms with van der Waals surface area (Å²) in [5, 5.41) is 19.9. The van der Waals surface area contributed by atoms with Crippen molar-refractivity contribution in [3.05, 3.63) is 24.2 Å². The molecule has 0 saturated heterocycles. The monoisotopic (exact) mass is 284 g/mol. The van der Waals surface area contributed by atoms with Gasteiger partial charge in [0.25, 0.3) is 5.91 Å². The summed E-state index contributed by atoms with van der Waals surface area (Å²) < 4.78 is 4.92. The minimum Gasteiger partial charge on any atom is -0.479 e. The smallest absolute Gasteiger partial charge is 0.332 e. The van der Waals surface area contributed by atoms with Crippen LogP contribution < -0.4 is 5.32 Å². The standard InChI is InChI=1S/C12H16N2O6/c1-14(11(17)9-3-2-6-20-9)7-10(16)13-5-4-8(15)12(18)19/h2-3,6,8,15H,4-5,7H2,1H3,(H,13,16)(H,18,19). The van der Waals surface area contributed by atoms with Crippen molar-refractivity contribution in [2.75, 3.05) is 20.1 Å². The molecule has 2 amide bonds. The second kappa shape index (κ2) is 7.29. The van der Waals surface area contributed by atoms with Gasteiger partial charge in [-0.05, 0) is 12.1 Å². The summed E-state index contributed by atoms with van der Waals surface area (Å²) in [6.45, 7) is -0.183. The van der Waals surface area contributed by atoms with Crippen molar-refractivity contribution in [1.82, 2.24) is 10.2 Å². The highest BCUT2D eigenvalue weighted by atomic mass is 16.4. The van der Waals surface area contributed by atoms with Crippen molar-refractivity contribution >= 4 is 17.8 Å². The minimum absolute atomic E-state index is 0.00901. The zero-order valence-corrected chi connectivity index (χ0v) is 10.9. The lowest BCUT2D eigenvalue weighted by Crippen LogP contribution is -2.39. The predicted molar refractivity (Wildman–Crippen MR) is 66.9 cm³/mol. The zero-order valence-electron chi connectivity index (χ0n) is 10.9. The van der Waals surface area contributed by atoms with Crippen LogP contribution in [0.5, 0.6) is 0 Å². The van der Waals surface area contributed by atoms with E-state index in [-0.39, 0.29) is 25.3 Å². The van der Waals surface area contributed by atoms with Gasteiger partial charge in [0.05, 0.1) is 12.8 Å². The maximum atomic E-state index is 11.7. The fourth-order valence-electron chi connectivity index (χ4n) is 1.40. The molecule has 0 bridgehead atoms. The van der Waals surface area contributed by atoms with Crippen LogP contribution in [0.4, 0.5) is 0 Å². The van der Waals surface area contributed by atoms with E-state index < -0.39 is 23.9 Å². The van der Waals surface area contributed by atoms with Crippen molar-refractivity contribution in [3.8, 4) is 0 Å². The van der Waals surface area contributed by atoms with Crippen LogP contribution in [0.3, 0.4) is 0 Å². The summed E-state index contributed by atoms with van der Waals surface area (Å²) in [4.78, 5) is 34.8. The first-order valence-electron chi connectivity index (χ1n) is 5.88. The van der Waals surface area contributed by atoms with Gasteiger partial charge in [0.2, 0.25) is 5.91 Å². The lowest BCUT2D eigenvalue weighted by Gasteiger charge is -2.15. The lowest BCUT2D eigenvalue weighted by molar-refractivity contribution is -0.147. The molecule has 0 radical (unpaired) electrons. The second-order valence-corrected chi connectivity index (χ2v) is 4.13. The molecule has 0 aliphatic rings. The molecular weight excluding hydrogens is 268 g/mol. The first-order chi connectivity index (χ1) is 9.41. The largest absolute Gasteiger partial charge is 0.479 e. The highest BCUT2D eigenvalue weighted by Gasteiger charge is 2.17. The summed E-state index contributed by atoms with van der Waals surface area (Å²) in [6, 6.07) is 3.05. The number of likely N-dealkylation sites (N-methyl/N-ethyl adjacent to an activating group) is 1. The van der Waals surface area contributed by atoms with Crippen LogP contribution in [0, 0.1) is 0 Å². The van der Waals surface area contributed by atoms with E-state index in [2.05, 4.69) is 5.32 Å². The Morgan fingerprint density at radius 2 is 2.15 bits per heavy atom. The number of carbonyl (C=O) groups excluding carboxylic acids is 2. The predicted octanol–water partition coefficient (Wildman–Crippen LogP) is -0.697. The number of carboxylic acids is 1. The number of aliphatic carboxylic acids is 1. The Balaban J connectivity index is 2.31. The van der Waals surface area contributed by atoms with E-state index >= 15 is 0 Å². The molecule has 1 heterocycles. The molecule has 3 N–H and O–H groups in total. The van der Waals surface area contributed by atoms with E-state index in [1.165, 1.54) is 24.3 Å². The van der Waals surface area contributed by atoms with Gasteiger partial charge in [-0.2, -0.15) is 0 Å². The number of nitrogens with zero attached hydrogens (tertiary/aromatic N) is 1. The Kier molecular flexibility index (Phi) is 5.73. The van der Waals surface area contributed by atoms with Crippen LogP contribution in [0.1, 0.15) is 17.0 Å². The molecule has 1 rings (SSSR count). The molecule has 0 spiro atoms. The third-order valence-electron chi connectivity index (χ3n) is 2.48. The van der Waals surface area contributed by atoms with Gasteiger partial charge in [0.1, 0.15) is 0 Å². The van der Waals surface area contributed by atoms with E-state index in [4.69, 9.17) is 14.6 Å². The number of rotatable bonds is 7. The summed E-state index contributed by atoms with van der Waals surface area (Å²) in [5.41, 5.74) is 0. The number of aliphatic hydroxyl groups is 1. The maximum Gasteiger partial charge on any atom is 0.332 e. The molecule has 1 unspecified atom stereocenters. The van der Waals surface area contributed by atoms with Crippen LogP contribution in [0.15, 0.2) is 22.8 Å². The molecule has 1 aromatic heterocycles. The summed E-state index contributed by atoms with van der Waals surface area (Å²) in [5.74, 6) is -2.10. The second-order valence-electron chi connectivity index (χ2n) is 4.13. The zero-order chi connectivity index (χ0) is 15.1. The van der Waals surface area contributed by atoms with Crippen molar-refractivity contribution in [2.24, 2.45) is 0 Å². The Labute approximate surface area is 115 Å². The fraction of sp³-hybridized carbons (Fsp3) is 0.417. The Morgan fingerprint density at radius 3 is 2.70 bits per heavy atom. The number of hydrogen-bond acceptors (Lipinski definition) is 5. The van der Waals surface area contributed by atoms with Crippen LogP contribution in [0.25, 0.3) is 0 Å². The molecule has 8 heteroatoms. The first kappa shape index (κ1) is 15.7. The van der Waals surface area contributed by atoms with E-state index in [9.17, 15) is 14.4 Å². The fourth-order valence-corrected chi connectivity index (χ4v) is 1.40. The summed E-state index contributed by atoms with van der Waals surface area (Å²) >= 11 is 0. The minimum atomic E-state index is -1.52. The third kappa shape index (κ3) is 4.73. The molecule has 1 aromatic rings. The lowest BCUT2D eigenvalue weighted by atomic mass is 10.2. The normalized spacial score (nSPS) is 11.7. The van der Waals surface area contributed by atoms with Crippen molar-refractivity contribution < 1.29 is 29.0 Å². The van der Waals surface area contributed by atoms with Gasteiger partial charge in [-0.25, -0.2) is 4.79 Å². The van der Waals surface area contributed by atoms with Crippen LogP contribution >= 0.6 is 0 Å². The molecule has 0 saturated carbocycles. The van der Waals surface area contributed by atoms with Crippen molar-refractivity contribution in [1.29, 1.82) is 0 Å². The third-order valence-corrected chi connectivity index (χ3v) is 2.48. The molecule has 8 nitrogen and oxygen atoms in total. The Morgan fingerprint density at radius 1 is 1.45 bits per heavy atom. The number of hydrogen-bond donors (Lipinski definition) is 3. The van der Waals surface area contributed by atoms with Crippen LogP contribution in [-0.4, -0.2) is 59.1 Å². The number of nitrogens with one attached hydrogen (secondary N) is 1. The summed E-state index contributed by atoms with van der Waals surface area (Å²) in [6.07, 6.45) is -0.261. The number of aliphatic hydroxyl groups excluding tert-OH is 1. The molecule has 110 valence electrons. The van der Waals surface area contributed by atoms with E-state index in [1.54, 1.807) is 6.07 Å². The molecule has 20 heavy (non-hydrogen) atoms. The average molecular weight is 284 g/mol. The number of carbonyl (C=O) groups is 3. The topological polar surface area (TPSA) is 120 Å². The van der Waals surface area contributed by atoms with Gasteiger partial charge in [-0.1, -0.05) is 0 Å². The van der Waals surface area contributed by atoms with Crippen LogP contribution in [0.2, 0.25) is 0 Å². The summed E-state index contributed by atoms with van der Waals surface area (Å²) in [7, 11) is 1.44. The maximum absolute atomic E-state index is 11.7. The number of carboxylic acid groups (broad SMARTS) is 1. The number of furan rings is 1. The molecule has 1 atom stereocenters. The Hall–Kier alpha value is -2.35. The van der Waals surface area contributed by atoms with Gasteiger partial charge in [-0.15, -0.1) is 0 Å². The molecule has 0 fully saturated rings.